The zero-order valence-corrected chi connectivity index (χ0v) is 23.7. The summed E-state index contributed by atoms with van der Waals surface area (Å²) in [4.78, 5) is 35.8. The molecule has 2 bridgehead atoms. The van der Waals surface area contributed by atoms with Crippen molar-refractivity contribution in [1.82, 2.24) is 24.9 Å². The van der Waals surface area contributed by atoms with Gasteiger partial charge in [-0.1, -0.05) is 30.4 Å². The molecule has 0 saturated carbocycles. The van der Waals surface area contributed by atoms with Crippen molar-refractivity contribution in [2.45, 2.75) is 51.1 Å². The van der Waals surface area contributed by atoms with Gasteiger partial charge < -0.3 is 24.8 Å². The van der Waals surface area contributed by atoms with Gasteiger partial charge in [-0.25, -0.2) is 0 Å². The minimum Gasteiger partial charge on any atom is -0.489 e. The van der Waals surface area contributed by atoms with Gasteiger partial charge in [0, 0.05) is 50.7 Å². The van der Waals surface area contributed by atoms with Crippen LogP contribution in [0.3, 0.4) is 0 Å². The Hall–Kier alpha value is -2.42. The first-order valence-electron chi connectivity index (χ1n) is 15.1. The fraction of sp³-hybridized carbons (Fsp3) is 0.677. The van der Waals surface area contributed by atoms with E-state index in [1.807, 2.05) is 17.0 Å². The van der Waals surface area contributed by atoms with Crippen LogP contribution in [0, 0.1) is 11.8 Å². The standard InChI is InChI=1S/C31H47N5O3/c1-33-16-11-28(12-17-33)36-23-27-7-2-3-9-29(27)39-20-6-8-26-22-35(31(38)24-36)18-10-25(26)21-30(37)32-13-19-34-14-4-5-15-34/h2-3,6-9,25-26,28H,4-5,10-24H2,1H3,(H,32,37)/b8-6-/t25-,26-/m0/s1. The van der Waals surface area contributed by atoms with Crippen LogP contribution in [0.5, 0.6) is 5.75 Å². The average molecular weight is 538 g/mol. The molecule has 0 aromatic heterocycles. The highest BCUT2D eigenvalue weighted by molar-refractivity contribution is 5.79. The first-order chi connectivity index (χ1) is 19.0. The summed E-state index contributed by atoms with van der Waals surface area (Å²) in [5, 5.41) is 3.15. The Labute approximate surface area is 234 Å². The highest BCUT2D eigenvalue weighted by Crippen LogP contribution is 2.30. The number of likely N-dealkylation sites (tertiary alicyclic amines) is 2. The average Bonchev–Trinajstić information content (AvgIpc) is 3.46. The van der Waals surface area contributed by atoms with E-state index >= 15 is 0 Å². The van der Waals surface area contributed by atoms with E-state index in [2.05, 4.69) is 51.3 Å². The molecule has 1 aromatic rings. The number of fused-ring (bicyclic) bond motifs is 3. The fourth-order valence-corrected chi connectivity index (χ4v) is 6.71. The molecule has 5 rings (SSSR count). The molecule has 0 radical (unpaired) electrons. The molecule has 4 aliphatic heterocycles. The van der Waals surface area contributed by atoms with Crippen molar-refractivity contribution < 1.29 is 14.3 Å². The normalized spacial score (nSPS) is 27.1. The Morgan fingerprint density at radius 3 is 2.64 bits per heavy atom. The third kappa shape index (κ3) is 7.83. The van der Waals surface area contributed by atoms with Crippen LogP contribution in [-0.4, -0.2) is 110 Å². The van der Waals surface area contributed by atoms with E-state index in [-0.39, 0.29) is 23.7 Å². The molecule has 214 valence electrons. The lowest BCUT2D eigenvalue weighted by atomic mass is 9.82. The van der Waals surface area contributed by atoms with Gasteiger partial charge in [-0.15, -0.1) is 0 Å². The van der Waals surface area contributed by atoms with Crippen LogP contribution >= 0.6 is 0 Å². The van der Waals surface area contributed by atoms with Gasteiger partial charge in [-0.05, 0) is 83.2 Å². The molecule has 0 unspecified atom stereocenters. The fourth-order valence-electron chi connectivity index (χ4n) is 6.71. The van der Waals surface area contributed by atoms with E-state index in [4.69, 9.17) is 4.74 Å². The van der Waals surface area contributed by atoms with Gasteiger partial charge in [0.05, 0.1) is 6.54 Å². The molecule has 2 atom stereocenters. The highest BCUT2D eigenvalue weighted by Gasteiger charge is 2.33. The number of rotatable bonds is 6. The number of nitrogens with one attached hydrogen (secondary N) is 1. The molecule has 2 amide bonds. The number of benzene rings is 1. The minimum absolute atomic E-state index is 0.133. The molecule has 1 aromatic carbocycles. The van der Waals surface area contributed by atoms with Crippen molar-refractivity contribution in [3.8, 4) is 5.75 Å². The Morgan fingerprint density at radius 2 is 1.82 bits per heavy atom. The van der Waals surface area contributed by atoms with Crippen LogP contribution in [0.1, 0.15) is 44.1 Å². The van der Waals surface area contributed by atoms with Gasteiger partial charge in [-0.2, -0.15) is 0 Å². The maximum atomic E-state index is 13.7. The summed E-state index contributed by atoms with van der Waals surface area (Å²) in [6, 6.07) is 8.63. The minimum atomic E-state index is 0.133. The third-order valence-electron chi connectivity index (χ3n) is 9.16. The van der Waals surface area contributed by atoms with Crippen LogP contribution in [0.2, 0.25) is 0 Å². The van der Waals surface area contributed by atoms with E-state index in [0.717, 1.165) is 82.9 Å². The molecule has 8 heteroatoms. The smallest absolute Gasteiger partial charge is 0.236 e. The maximum absolute atomic E-state index is 13.7. The summed E-state index contributed by atoms with van der Waals surface area (Å²) in [5.41, 5.74) is 1.14. The lowest BCUT2D eigenvalue weighted by Crippen LogP contribution is -2.51. The van der Waals surface area contributed by atoms with Gasteiger partial charge >= 0.3 is 0 Å². The van der Waals surface area contributed by atoms with Crippen LogP contribution < -0.4 is 10.1 Å². The van der Waals surface area contributed by atoms with Gasteiger partial charge in [-0.3, -0.25) is 14.5 Å². The molecular weight excluding hydrogens is 490 g/mol. The molecule has 3 saturated heterocycles. The molecule has 4 aliphatic rings. The number of para-hydroxylation sites is 1. The van der Waals surface area contributed by atoms with E-state index < -0.39 is 0 Å². The second-order valence-corrected chi connectivity index (χ2v) is 11.9. The number of nitrogens with zero attached hydrogens (tertiary/aromatic N) is 4. The summed E-state index contributed by atoms with van der Waals surface area (Å²) in [7, 11) is 2.18. The zero-order valence-electron chi connectivity index (χ0n) is 23.7. The summed E-state index contributed by atoms with van der Waals surface area (Å²) in [6.07, 6.45) is 10.3. The van der Waals surface area contributed by atoms with Crippen LogP contribution in [0.15, 0.2) is 36.4 Å². The van der Waals surface area contributed by atoms with Crippen molar-refractivity contribution in [2.75, 3.05) is 72.6 Å². The van der Waals surface area contributed by atoms with Crippen molar-refractivity contribution >= 4 is 11.8 Å². The first kappa shape index (κ1) is 28.1. The van der Waals surface area contributed by atoms with Crippen molar-refractivity contribution in [3.63, 3.8) is 0 Å². The van der Waals surface area contributed by atoms with Crippen molar-refractivity contribution in [3.05, 3.63) is 42.0 Å². The van der Waals surface area contributed by atoms with E-state index in [9.17, 15) is 9.59 Å². The molecular formula is C31H47N5O3. The number of carbonyl (C=O) groups excluding carboxylic acids is 2. The SMILES string of the molecule is CN1CCC(N2CC(=O)N3CC[C@@H](CC(=O)NCCN4CCCC4)[C@@H](/C=C\COc4ccccc4C2)C3)CC1. The van der Waals surface area contributed by atoms with Crippen LogP contribution in [0.4, 0.5) is 0 Å². The van der Waals surface area contributed by atoms with E-state index in [1.54, 1.807) is 0 Å². The molecule has 0 spiro atoms. The van der Waals surface area contributed by atoms with Crippen LogP contribution in [0.25, 0.3) is 0 Å². The Bertz CT molecular complexity index is 986. The molecule has 4 heterocycles. The molecule has 0 aliphatic carbocycles. The highest BCUT2D eigenvalue weighted by atomic mass is 16.5. The van der Waals surface area contributed by atoms with E-state index in [0.29, 0.717) is 32.2 Å². The number of hydrogen-bond acceptors (Lipinski definition) is 6. The monoisotopic (exact) mass is 537 g/mol. The second-order valence-electron chi connectivity index (χ2n) is 11.9. The Kier molecular flexibility index (Phi) is 9.93. The molecule has 39 heavy (non-hydrogen) atoms. The summed E-state index contributed by atoms with van der Waals surface area (Å²) >= 11 is 0. The van der Waals surface area contributed by atoms with Gasteiger partial charge in [0.15, 0.2) is 0 Å². The first-order valence-corrected chi connectivity index (χ1v) is 15.1. The van der Waals surface area contributed by atoms with Crippen molar-refractivity contribution in [1.29, 1.82) is 0 Å². The van der Waals surface area contributed by atoms with E-state index in [1.165, 1.54) is 12.8 Å². The number of hydrogen-bond donors (Lipinski definition) is 1. The topological polar surface area (TPSA) is 68.4 Å². The summed E-state index contributed by atoms with van der Waals surface area (Å²) < 4.78 is 6.23. The molecule has 8 nitrogen and oxygen atoms in total. The lowest BCUT2D eigenvalue weighted by Gasteiger charge is -2.40. The Balaban J connectivity index is 1.26. The van der Waals surface area contributed by atoms with Crippen molar-refractivity contribution in [2.24, 2.45) is 11.8 Å². The summed E-state index contributed by atoms with van der Waals surface area (Å²) in [5.74, 6) is 1.62. The molecule has 1 N–H and O–H groups in total. The number of piperidine rings is 2. The predicted molar refractivity (Wildman–Crippen MR) is 153 cm³/mol. The third-order valence-corrected chi connectivity index (χ3v) is 9.16. The summed E-state index contributed by atoms with van der Waals surface area (Å²) in [6.45, 7) is 9.12. The zero-order chi connectivity index (χ0) is 27.0. The number of ether oxygens (including phenoxy) is 1. The lowest BCUT2D eigenvalue weighted by molar-refractivity contribution is -0.136. The number of amides is 2. The second kappa shape index (κ2) is 13.8. The predicted octanol–water partition coefficient (Wildman–Crippen LogP) is 2.60. The Morgan fingerprint density at radius 1 is 1.03 bits per heavy atom. The largest absolute Gasteiger partial charge is 0.489 e. The van der Waals surface area contributed by atoms with Gasteiger partial charge in [0.25, 0.3) is 0 Å². The number of carbonyl (C=O) groups is 2. The van der Waals surface area contributed by atoms with Gasteiger partial charge in [0.2, 0.25) is 11.8 Å². The molecule has 3 fully saturated rings. The van der Waals surface area contributed by atoms with Gasteiger partial charge in [0.1, 0.15) is 12.4 Å². The quantitative estimate of drug-likeness (QED) is 0.563. The van der Waals surface area contributed by atoms with Crippen LogP contribution in [-0.2, 0) is 16.1 Å². The maximum Gasteiger partial charge on any atom is 0.236 e.